The third-order valence-corrected chi connectivity index (χ3v) is 4.78. The van der Waals surface area contributed by atoms with Gasteiger partial charge in [-0.25, -0.2) is 0 Å². The van der Waals surface area contributed by atoms with Crippen LogP contribution in [0, 0.1) is 20.8 Å². The highest BCUT2D eigenvalue weighted by atomic mass is 16.5. The molecule has 3 nitrogen and oxygen atoms in total. The van der Waals surface area contributed by atoms with E-state index in [-0.39, 0.29) is 6.10 Å². The number of rotatable bonds is 5. The van der Waals surface area contributed by atoms with Crippen molar-refractivity contribution in [1.82, 2.24) is 0 Å². The summed E-state index contributed by atoms with van der Waals surface area (Å²) in [6.45, 7) is 10.9. The lowest BCUT2D eigenvalue weighted by Gasteiger charge is -2.31. The number of aliphatic hydroxyl groups excluding tert-OH is 1. The average Bonchev–Trinajstić information content (AvgIpc) is 2.44. The lowest BCUT2D eigenvalue weighted by atomic mass is 10.0. The number of aliphatic hydroxyl groups is 1. The number of quaternary nitrogens is 1. The summed E-state index contributed by atoms with van der Waals surface area (Å²) in [4.78, 5) is 1.52. The first-order valence-electron chi connectivity index (χ1n) is 8.20. The summed E-state index contributed by atoms with van der Waals surface area (Å²) < 4.78 is 5.87. The van der Waals surface area contributed by atoms with Gasteiger partial charge in [-0.2, -0.15) is 0 Å². The first kappa shape index (κ1) is 16.3. The van der Waals surface area contributed by atoms with Gasteiger partial charge < -0.3 is 14.7 Å². The second-order valence-corrected chi connectivity index (χ2v) is 6.68. The molecule has 0 bridgehead atoms. The standard InChI is InChI=1S/C18H29NO2/c1-13-9-14(2)16(4)18(10-13)21-12-17(20)11-19-8-6-5-7-15(19)3/h9-10,15,17,20H,5-8,11-12H2,1-4H3/p+1/t15-,17-/m0/s1. The zero-order valence-corrected chi connectivity index (χ0v) is 13.9. The van der Waals surface area contributed by atoms with Crippen molar-refractivity contribution in [1.29, 1.82) is 0 Å². The molecule has 1 heterocycles. The quantitative estimate of drug-likeness (QED) is 0.868. The van der Waals surface area contributed by atoms with Crippen LogP contribution in [0.1, 0.15) is 42.9 Å². The third-order valence-electron chi connectivity index (χ3n) is 4.78. The van der Waals surface area contributed by atoms with Gasteiger partial charge in [-0.15, -0.1) is 0 Å². The van der Waals surface area contributed by atoms with Crippen LogP contribution in [0.4, 0.5) is 0 Å². The van der Waals surface area contributed by atoms with E-state index in [4.69, 9.17) is 4.74 Å². The topological polar surface area (TPSA) is 33.9 Å². The van der Waals surface area contributed by atoms with Crippen molar-refractivity contribution in [3.05, 3.63) is 28.8 Å². The second-order valence-electron chi connectivity index (χ2n) is 6.68. The molecular formula is C18H30NO2+. The van der Waals surface area contributed by atoms with Crippen LogP contribution in [0.25, 0.3) is 0 Å². The summed E-state index contributed by atoms with van der Waals surface area (Å²) >= 11 is 0. The van der Waals surface area contributed by atoms with Crippen molar-refractivity contribution in [3.8, 4) is 5.75 Å². The molecule has 1 aromatic rings. The van der Waals surface area contributed by atoms with Crippen molar-refractivity contribution in [2.45, 2.75) is 59.1 Å². The van der Waals surface area contributed by atoms with Gasteiger partial charge in [0.1, 0.15) is 25.0 Å². The summed E-state index contributed by atoms with van der Waals surface area (Å²) in [5.74, 6) is 0.910. The Labute approximate surface area is 128 Å². The Kier molecular flexibility index (Phi) is 5.65. The maximum atomic E-state index is 10.3. The lowest BCUT2D eigenvalue weighted by Crippen LogP contribution is -3.17. The van der Waals surface area contributed by atoms with Gasteiger partial charge in [-0.1, -0.05) is 6.07 Å². The average molecular weight is 292 g/mol. The molecule has 0 saturated carbocycles. The van der Waals surface area contributed by atoms with Crippen molar-refractivity contribution in [3.63, 3.8) is 0 Å². The predicted octanol–water partition coefficient (Wildman–Crippen LogP) is 1.81. The maximum Gasteiger partial charge on any atom is 0.137 e. The van der Waals surface area contributed by atoms with Crippen molar-refractivity contribution >= 4 is 0 Å². The van der Waals surface area contributed by atoms with E-state index in [9.17, 15) is 5.11 Å². The van der Waals surface area contributed by atoms with Crippen molar-refractivity contribution in [2.24, 2.45) is 0 Å². The van der Waals surface area contributed by atoms with Gasteiger partial charge in [-0.3, -0.25) is 0 Å². The highest BCUT2D eigenvalue weighted by Gasteiger charge is 2.24. The highest BCUT2D eigenvalue weighted by Crippen LogP contribution is 2.23. The molecule has 0 aliphatic carbocycles. The van der Waals surface area contributed by atoms with E-state index in [2.05, 4.69) is 39.8 Å². The number of ether oxygens (including phenoxy) is 1. The van der Waals surface area contributed by atoms with E-state index in [1.807, 2.05) is 0 Å². The van der Waals surface area contributed by atoms with E-state index >= 15 is 0 Å². The van der Waals surface area contributed by atoms with Gasteiger partial charge in [0.2, 0.25) is 0 Å². The number of aryl methyl sites for hydroxylation is 2. The molecule has 1 aliphatic rings. The molecule has 1 unspecified atom stereocenters. The molecule has 1 aliphatic heterocycles. The Balaban J connectivity index is 1.87. The van der Waals surface area contributed by atoms with E-state index in [1.165, 1.54) is 47.4 Å². The van der Waals surface area contributed by atoms with E-state index in [0.717, 1.165) is 12.3 Å². The minimum absolute atomic E-state index is 0.388. The fourth-order valence-corrected chi connectivity index (χ4v) is 3.25. The monoisotopic (exact) mass is 292 g/mol. The Morgan fingerprint density at radius 3 is 2.76 bits per heavy atom. The Hall–Kier alpha value is -1.06. The number of hydrogen-bond donors (Lipinski definition) is 2. The Bertz CT molecular complexity index is 473. The van der Waals surface area contributed by atoms with Gasteiger partial charge in [-0.05, 0) is 69.7 Å². The number of piperidine rings is 1. The van der Waals surface area contributed by atoms with Gasteiger partial charge in [0, 0.05) is 0 Å². The molecule has 3 heteroatoms. The fourth-order valence-electron chi connectivity index (χ4n) is 3.25. The number of nitrogens with one attached hydrogen (secondary N) is 1. The summed E-state index contributed by atoms with van der Waals surface area (Å²) in [7, 11) is 0. The van der Waals surface area contributed by atoms with Gasteiger partial charge in [0.05, 0.1) is 12.6 Å². The number of benzene rings is 1. The minimum atomic E-state index is -0.388. The van der Waals surface area contributed by atoms with Crippen molar-refractivity contribution in [2.75, 3.05) is 19.7 Å². The molecule has 1 saturated heterocycles. The largest absolute Gasteiger partial charge is 0.490 e. The van der Waals surface area contributed by atoms with Crippen LogP contribution in [0.3, 0.4) is 0 Å². The molecule has 1 aromatic carbocycles. The molecule has 0 spiro atoms. The van der Waals surface area contributed by atoms with Crippen LogP contribution < -0.4 is 9.64 Å². The highest BCUT2D eigenvalue weighted by molar-refractivity contribution is 5.41. The Morgan fingerprint density at radius 2 is 2.05 bits per heavy atom. The van der Waals surface area contributed by atoms with Crippen LogP contribution >= 0.6 is 0 Å². The van der Waals surface area contributed by atoms with Gasteiger partial charge in [0.25, 0.3) is 0 Å². The fraction of sp³-hybridized carbons (Fsp3) is 0.667. The third kappa shape index (κ3) is 4.45. The van der Waals surface area contributed by atoms with Crippen LogP contribution in [-0.2, 0) is 0 Å². The second kappa shape index (κ2) is 7.28. The molecule has 1 fully saturated rings. The zero-order valence-electron chi connectivity index (χ0n) is 13.9. The first-order chi connectivity index (χ1) is 9.97. The predicted molar refractivity (Wildman–Crippen MR) is 86.2 cm³/mol. The van der Waals surface area contributed by atoms with E-state index in [0.29, 0.717) is 12.6 Å². The first-order valence-corrected chi connectivity index (χ1v) is 8.20. The summed E-state index contributed by atoms with van der Waals surface area (Å²) in [6, 6.07) is 4.89. The van der Waals surface area contributed by atoms with Gasteiger partial charge >= 0.3 is 0 Å². The van der Waals surface area contributed by atoms with Crippen LogP contribution in [0.15, 0.2) is 12.1 Å². The number of hydrogen-bond acceptors (Lipinski definition) is 2. The van der Waals surface area contributed by atoms with Crippen LogP contribution in [0.5, 0.6) is 5.75 Å². The number of likely N-dealkylation sites (tertiary alicyclic amines) is 1. The smallest absolute Gasteiger partial charge is 0.137 e. The normalized spacial score (nSPS) is 23.9. The van der Waals surface area contributed by atoms with Crippen LogP contribution in [0.2, 0.25) is 0 Å². The summed E-state index contributed by atoms with van der Waals surface area (Å²) in [5, 5.41) is 10.3. The lowest BCUT2D eigenvalue weighted by molar-refractivity contribution is -0.931. The molecule has 0 radical (unpaired) electrons. The molecule has 2 rings (SSSR count). The summed E-state index contributed by atoms with van der Waals surface area (Å²) in [6.07, 6.45) is 3.50. The maximum absolute atomic E-state index is 10.3. The summed E-state index contributed by atoms with van der Waals surface area (Å²) in [5.41, 5.74) is 3.62. The van der Waals surface area contributed by atoms with E-state index < -0.39 is 0 Å². The molecule has 2 N–H and O–H groups in total. The van der Waals surface area contributed by atoms with E-state index in [1.54, 1.807) is 0 Å². The zero-order chi connectivity index (χ0) is 15.4. The molecule has 118 valence electrons. The van der Waals surface area contributed by atoms with Crippen molar-refractivity contribution < 1.29 is 14.7 Å². The molecular weight excluding hydrogens is 262 g/mol. The molecule has 0 amide bonds. The minimum Gasteiger partial charge on any atom is -0.490 e. The molecule has 0 aromatic heterocycles. The molecule has 3 atom stereocenters. The molecule has 21 heavy (non-hydrogen) atoms. The van der Waals surface area contributed by atoms with Crippen LogP contribution in [-0.4, -0.2) is 36.9 Å². The Morgan fingerprint density at radius 1 is 1.29 bits per heavy atom. The van der Waals surface area contributed by atoms with Gasteiger partial charge in [0.15, 0.2) is 0 Å². The SMILES string of the molecule is Cc1cc(C)c(C)c(OC[C@@H](O)C[NH+]2CCCC[C@@H]2C)c1.